The second-order valence-corrected chi connectivity index (χ2v) is 6.50. The van der Waals surface area contributed by atoms with Gasteiger partial charge >= 0.3 is 5.97 Å². The molecule has 3 rings (SSSR count). The minimum absolute atomic E-state index is 0.127. The molecule has 1 aliphatic carbocycles. The Hall–Kier alpha value is -1.59. The zero-order valence-electron chi connectivity index (χ0n) is 13.7. The van der Waals surface area contributed by atoms with Gasteiger partial charge < -0.3 is 14.6 Å². The molecule has 23 heavy (non-hydrogen) atoms. The van der Waals surface area contributed by atoms with E-state index in [9.17, 15) is 9.90 Å². The molecule has 1 aromatic carbocycles. The number of rotatable bonds is 7. The van der Waals surface area contributed by atoms with Crippen LogP contribution in [0.1, 0.15) is 36.3 Å². The van der Waals surface area contributed by atoms with Gasteiger partial charge in [-0.25, -0.2) is 0 Å². The van der Waals surface area contributed by atoms with Crippen molar-refractivity contribution in [3.8, 4) is 5.75 Å². The van der Waals surface area contributed by atoms with Crippen LogP contribution in [0.5, 0.6) is 5.75 Å². The summed E-state index contributed by atoms with van der Waals surface area (Å²) in [5.74, 6) is 0.815. The summed E-state index contributed by atoms with van der Waals surface area (Å²) in [6.45, 7) is 4.21. The summed E-state index contributed by atoms with van der Waals surface area (Å²) < 4.78 is 10.9. The Balaban J connectivity index is 1.80. The molecule has 1 atom stereocenters. The largest absolute Gasteiger partial charge is 0.496 e. The van der Waals surface area contributed by atoms with Crippen molar-refractivity contribution >= 4 is 5.97 Å². The van der Waals surface area contributed by atoms with E-state index in [0.717, 1.165) is 62.6 Å². The Morgan fingerprint density at radius 2 is 2.13 bits per heavy atom. The van der Waals surface area contributed by atoms with Gasteiger partial charge in [0.1, 0.15) is 5.75 Å². The van der Waals surface area contributed by atoms with E-state index in [1.165, 1.54) is 0 Å². The average Bonchev–Trinajstić information content (AvgIpc) is 3.38. The number of nitrogens with zero attached hydrogens (tertiary/aromatic N) is 1. The fourth-order valence-corrected chi connectivity index (χ4v) is 3.40. The number of methoxy groups -OCH3 is 1. The van der Waals surface area contributed by atoms with Gasteiger partial charge in [0.05, 0.1) is 26.7 Å². The second-order valence-electron chi connectivity index (χ2n) is 6.50. The monoisotopic (exact) mass is 319 g/mol. The number of carboxylic acid groups (broad SMARTS) is 1. The predicted octanol–water partition coefficient (Wildman–Crippen LogP) is 2.50. The van der Waals surface area contributed by atoms with Crippen LogP contribution in [-0.2, 0) is 16.1 Å². The lowest BCUT2D eigenvalue weighted by Gasteiger charge is -2.27. The number of carboxylic acids is 1. The summed E-state index contributed by atoms with van der Waals surface area (Å²) in [7, 11) is 1.69. The maximum atomic E-state index is 11.2. The van der Waals surface area contributed by atoms with E-state index < -0.39 is 5.97 Å². The minimum atomic E-state index is -0.715. The molecule has 0 spiro atoms. The first-order valence-corrected chi connectivity index (χ1v) is 8.36. The topological polar surface area (TPSA) is 59.0 Å². The third kappa shape index (κ3) is 4.24. The quantitative estimate of drug-likeness (QED) is 0.837. The highest BCUT2D eigenvalue weighted by atomic mass is 16.5. The normalized spacial score (nSPS) is 20.2. The smallest absolute Gasteiger partial charge is 0.303 e. The minimum Gasteiger partial charge on any atom is -0.496 e. The Morgan fingerprint density at radius 1 is 1.39 bits per heavy atom. The number of carbonyl (C=O) groups is 1. The first kappa shape index (κ1) is 16.3. The summed E-state index contributed by atoms with van der Waals surface area (Å²) in [5, 5.41) is 9.21. The van der Waals surface area contributed by atoms with Crippen LogP contribution >= 0.6 is 0 Å². The number of hydrogen-bond donors (Lipinski definition) is 1. The van der Waals surface area contributed by atoms with Crippen LogP contribution in [0.2, 0.25) is 0 Å². The highest BCUT2D eigenvalue weighted by molar-refractivity contribution is 5.68. The summed E-state index contributed by atoms with van der Waals surface area (Å²) in [5.41, 5.74) is 2.28. The molecule has 1 aromatic rings. The number of aliphatic carboxylic acids is 1. The average molecular weight is 319 g/mol. The maximum absolute atomic E-state index is 11.2. The van der Waals surface area contributed by atoms with Crippen LogP contribution in [-0.4, -0.2) is 49.4 Å². The summed E-state index contributed by atoms with van der Waals surface area (Å²) in [6, 6.07) is 6.18. The third-order valence-corrected chi connectivity index (χ3v) is 4.82. The van der Waals surface area contributed by atoms with E-state index in [4.69, 9.17) is 9.47 Å². The van der Waals surface area contributed by atoms with Crippen LogP contribution < -0.4 is 4.74 Å². The molecule has 2 aliphatic rings. The Labute approximate surface area is 137 Å². The number of morpholine rings is 1. The predicted molar refractivity (Wildman–Crippen MR) is 86.8 cm³/mol. The van der Waals surface area contributed by atoms with Gasteiger partial charge in [-0.3, -0.25) is 9.69 Å². The van der Waals surface area contributed by atoms with Gasteiger partial charge in [0, 0.05) is 25.2 Å². The van der Waals surface area contributed by atoms with E-state index in [0.29, 0.717) is 5.92 Å². The molecule has 1 unspecified atom stereocenters. The van der Waals surface area contributed by atoms with Gasteiger partial charge in [-0.05, 0) is 36.3 Å². The van der Waals surface area contributed by atoms with Gasteiger partial charge in [-0.2, -0.15) is 0 Å². The fourth-order valence-electron chi connectivity index (χ4n) is 3.40. The van der Waals surface area contributed by atoms with Crippen molar-refractivity contribution in [3.63, 3.8) is 0 Å². The van der Waals surface area contributed by atoms with Crippen LogP contribution in [0.4, 0.5) is 0 Å². The van der Waals surface area contributed by atoms with E-state index in [2.05, 4.69) is 11.0 Å². The van der Waals surface area contributed by atoms with Gasteiger partial charge in [-0.1, -0.05) is 12.1 Å². The molecule has 126 valence electrons. The van der Waals surface area contributed by atoms with Gasteiger partial charge in [0.2, 0.25) is 0 Å². The highest BCUT2D eigenvalue weighted by Crippen LogP contribution is 2.45. The summed E-state index contributed by atoms with van der Waals surface area (Å²) in [6.07, 6.45) is 2.50. The van der Waals surface area contributed by atoms with E-state index in [1.807, 2.05) is 12.1 Å². The van der Waals surface area contributed by atoms with E-state index >= 15 is 0 Å². The van der Waals surface area contributed by atoms with Gasteiger partial charge in [0.15, 0.2) is 0 Å². The lowest BCUT2D eigenvalue weighted by atomic mass is 9.89. The van der Waals surface area contributed by atoms with Crippen molar-refractivity contribution in [1.82, 2.24) is 4.90 Å². The molecule has 1 saturated heterocycles. The van der Waals surface area contributed by atoms with Crippen molar-refractivity contribution in [2.75, 3.05) is 33.4 Å². The zero-order valence-corrected chi connectivity index (χ0v) is 13.7. The fraction of sp³-hybridized carbons (Fsp3) is 0.611. The number of ether oxygens (including phenoxy) is 2. The Bertz CT molecular complexity index is 550. The van der Waals surface area contributed by atoms with Gasteiger partial charge in [-0.15, -0.1) is 0 Å². The third-order valence-electron chi connectivity index (χ3n) is 4.82. The van der Waals surface area contributed by atoms with Crippen molar-refractivity contribution in [3.05, 3.63) is 29.3 Å². The first-order chi connectivity index (χ1) is 11.2. The molecule has 1 aliphatic heterocycles. The Kier molecular flexibility index (Phi) is 5.18. The van der Waals surface area contributed by atoms with E-state index in [1.54, 1.807) is 7.11 Å². The second kappa shape index (κ2) is 7.32. The lowest BCUT2D eigenvalue weighted by Crippen LogP contribution is -2.35. The molecule has 1 N–H and O–H groups in total. The summed E-state index contributed by atoms with van der Waals surface area (Å²) >= 11 is 0. The molecule has 2 fully saturated rings. The highest BCUT2D eigenvalue weighted by Gasteiger charge is 2.34. The molecule has 5 nitrogen and oxygen atoms in total. The molecule has 0 bridgehead atoms. The molecular formula is C18H25NO4. The number of benzene rings is 1. The van der Waals surface area contributed by atoms with E-state index in [-0.39, 0.29) is 12.3 Å². The summed E-state index contributed by atoms with van der Waals surface area (Å²) in [4.78, 5) is 13.5. The molecule has 1 saturated carbocycles. The van der Waals surface area contributed by atoms with Gasteiger partial charge in [0.25, 0.3) is 0 Å². The van der Waals surface area contributed by atoms with Crippen molar-refractivity contribution in [2.24, 2.45) is 5.92 Å². The van der Waals surface area contributed by atoms with Crippen LogP contribution in [0.3, 0.4) is 0 Å². The number of hydrogen-bond acceptors (Lipinski definition) is 4. The van der Waals surface area contributed by atoms with Crippen LogP contribution in [0, 0.1) is 5.92 Å². The van der Waals surface area contributed by atoms with Crippen LogP contribution in [0.15, 0.2) is 18.2 Å². The molecule has 5 heteroatoms. The van der Waals surface area contributed by atoms with Crippen molar-refractivity contribution in [2.45, 2.75) is 31.7 Å². The molecule has 1 heterocycles. The Morgan fingerprint density at radius 3 is 2.74 bits per heavy atom. The zero-order chi connectivity index (χ0) is 16.2. The van der Waals surface area contributed by atoms with Crippen LogP contribution in [0.25, 0.3) is 0 Å². The molecule has 0 radical (unpaired) electrons. The molecule has 0 aromatic heterocycles. The standard InChI is InChI=1S/C18H25NO4/c1-22-17-5-4-14(16(11-18(20)21)13-2-3-13)10-15(17)12-19-6-8-23-9-7-19/h4-5,10,13,16H,2-3,6-9,11-12H2,1H3,(H,20,21). The lowest BCUT2D eigenvalue weighted by molar-refractivity contribution is -0.137. The molecule has 0 amide bonds. The van der Waals surface area contributed by atoms with Crippen molar-refractivity contribution < 1.29 is 19.4 Å². The SMILES string of the molecule is COc1ccc(C(CC(=O)O)C2CC2)cc1CN1CCOCC1. The maximum Gasteiger partial charge on any atom is 0.303 e. The first-order valence-electron chi connectivity index (χ1n) is 8.36. The van der Waals surface area contributed by atoms with Crippen molar-refractivity contribution in [1.29, 1.82) is 0 Å². The molecular weight excluding hydrogens is 294 g/mol.